The van der Waals surface area contributed by atoms with Crippen LogP contribution in [0.15, 0.2) is 40.5 Å². The van der Waals surface area contributed by atoms with Gasteiger partial charge in [-0.2, -0.15) is 0 Å². The molecule has 1 aromatic carbocycles. The number of nitrogens with one attached hydrogen (secondary N) is 2. The fraction of sp³-hybridized carbons (Fsp3) is 0.235. The number of aromatic nitrogens is 2. The summed E-state index contributed by atoms with van der Waals surface area (Å²) >= 11 is 12.5. The Hall–Kier alpha value is -1.96. The molecule has 0 spiro atoms. The largest absolute Gasteiger partial charge is 0.352 e. The van der Waals surface area contributed by atoms with Gasteiger partial charge in [-0.25, -0.2) is 0 Å². The number of hydrogen-bond donors (Lipinski definition) is 2. The highest BCUT2D eigenvalue weighted by atomic mass is 35.5. The Morgan fingerprint density at radius 1 is 1.36 bits per heavy atom. The number of rotatable bonds is 6. The number of hydrogen-bond acceptors (Lipinski definition) is 4. The Kier molecular flexibility index (Phi) is 5.67. The van der Waals surface area contributed by atoms with Crippen molar-refractivity contribution in [3.63, 3.8) is 0 Å². The van der Waals surface area contributed by atoms with Crippen molar-refractivity contribution < 1.29 is 4.79 Å². The fourth-order valence-corrected chi connectivity index (χ4v) is 3.80. The molecule has 1 amide bonds. The summed E-state index contributed by atoms with van der Waals surface area (Å²) in [6.45, 7) is 0.840. The van der Waals surface area contributed by atoms with Crippen LogP contribution in [0.5, 0.6) is 0 Å². The summed E-state index contributed by atoms with van der Waals surface area (Å²) in [4.78, 5) is 27.4. The minimum Gasteiger partial charge on any atom is -0.352 e. The third kappa shape index (κ3) is 4.36. The highest BCUT2D eigenvalue weighted by Gasteiger charge is 2.08. The summed E-state index contributed by atoms with van der Waals surface area (Å²) in [7, 11) is 0. The van der Waals surface area contributed by atoms with E-state index in [-0.39, 0.29) is 11.5 Å². The molecular formula is C17H16ClN3O2S2. The van der Waals surface area contributed by atoms with Crippen LogP contribution in [-0.4, -0.2) is 15.5 Å². The number of carbonyl (C=O) groups excluding carboxylic acids is 1. The second kappa shape index (κ2) is 7.95. The molecule has 0 unspecified atom stereocenters. The molecule has 3 aromatic rings. The van der Waals surface area contributed by atoms with E-state index in [9.17, 15) is 9.59 Å². The Balaban J connectivity index is 1.55. The number of amides is 1. The second-order valence-electron chi connectivity index (χ2n) is 5.56. The number of fused-ring (bicyclic) bond motifs is 1. The molecule has 2 N–H and O–H groups in total. The third-order valence-electron chi connectivity index (χ3n) is 3.76. The molecule has 8 heteroatoms. The highest BCUT2D eigenvalue weighted by Crippen LogP contribution is 2.14. The zero-order valence-electron chi connectivity index (χ0n) is 13.3. The van der Waals surface area contributed by atoms with Gasteiger partial charge in [0.1, 0.15) is 4.70 Å². The number of thiophene rings is 1. The van der Waals surface area contributed by atoms with Crippen LogP contribution in [0.2, 0.25) is 5.02 Å². The number of H-pyrrole nitrogens is 1. The van der Waals surface area contributed by atoms with Crippen molar-refractivity contribution in [3.05, 3.63) is 61.4 Å². The van der Waals surface area contributed by atoms with E-state index in [4.69, 9.17) is 23.8 Å². The molecule has 0 aliphatic rings. The number of halogens is 1. The van der Waals surface area contributed by atoms with E-state index in [1.54, 1.807) is 6.07 Å². The number of nitrogens with zero attached hydrogens (tertiary/aromatic N) is 1. The summed E-state index contributed by atoms with van der Waals surface area (Å²) < 4.78 is 2.55. The van der Waals surface area contributed by atoms with Crippen molar-refractivity contribution in [2.45, 2.75) is 25.9 Å². The smallest absolute Gasteiger partial charge is 0.272 e. The molecule has 0 saturated carbocycles. The summed E-state index contributed by atoms with van der Waals surface area (Å²) in [5, 5.41) is 5.35. The minimum absolute atomic E-state index is 0.0693. The summed E-state index contributed by atoms with van der Waals surface area (Å²) in [5.41, 5.74) is 1.60. The van der Waals surface area contributed by atoms with Gasteiger partial charge in [0.25, 0.3) is 5.56 Å². The Labute approximate surface area is 158 Å². The van der Waals surface area contributed by atoms with Gasteiger partial charge in [0.2, 0.25) is 5.91 Å². The molecule has 130 valence electrons. The second-order valence-corrected chi connectivity index (χ2v) is 7.30. The first kappa shape index (κ1) is 17.8. The van der Waals surface area contributed by atoms with Crippen molar-refractivity contribution in [2.75, 3.05) is 0 Å². The van der Waals surface area contributed by atoms with E-state index >= 15 is 0 Å². The molecular weight excluding hydrogens is 378 g/mol. The van der Waals surface area contributed by atoms with Gasteiger partial charge < -0.3 is 10.3 Å². The number of carbonyl (C=O) groups is 1. The third-order valence-corrected chi connectivity index (χ3v) is 5.22. The summed E-state index contributed by atoms with van der Waals surface area (Å²) in [5.74, 6) is -0.0693. The van der Waals surface area contributed by atoms with E-state index in [0.717, 1.165) is 11.1 Å². The van der Waals surface area contributed by atoms with Crippen LogP contribution in [-0.2, 0) is 17.9 Å². The maximum atomic E-state index is 12.4. The minimum atomic E-state index is -0.104. The van der Waals surface area contributed by atoms with Crippen LogP contribution in [0.1, 0.15) is 18.4 Å². The van der Waals surface area contributed by atoms with Crippen molar-refractivity contribution in [1.82, 2.24) is 14.9 Å². The van der Waals surface area contributed by atoms with E-state index in [0.29, 0.717) is 40.4 Å². The van der Waals surface area contributed by atoms with Crippen molar-refractivity contribution in [1.29, 1.82) is 0 Å². The van der Waals surface area contributed by atoms with Gasteiger partial charge >= 0.3 is 0 Å². The number of benzene rings is 1. The molecule has 0 atom stereocenters. The highest BCUT2D eigenvalue weighted by molar-refractivity contribution is 7.71. The van der Waals surface area contributed by atoms with Crippen LogP contribution < -0.4 is 10.9 Å². The molecule has 0 radical (unpaired) electrons. The first-order chi connectivity index (χ1) is 12.0. The lowest BCUT2D eigenvalue weighted by atomic mass is 10.2. The molecule has 2 heterocycles. The van der Waals surface area contributed by atoms with Crippen LogP contribution >= 0.6 is 35.2 Å². The van der Waals surface area contributed by atoms with Gasteiger partial charge in [-0.3, -0.25) is 14.2 Å². The maximum absolute atomic E-state index is 12.4. The lowest BCUT2D eigenvalue weighted by molar-refractivity contribution is -0.121. The van der Waals surface area contributed by atoms with E-state index in [1.165, 1.54) is 15.9 Å². The topological polar surface area (TPSA) is 66.9 Å². The van der Waals surface area contributed by atoms with Crippen molar-refractivity contribution >= 4 is 51.3 Å². The predicted molar refractivity (Wildman–Crippen MR) is 104 cm³/mol. The quantitative estimate of drug-likeness (QED) is 0.625. The first-order valence-electron chi connectivity index (χ1n) is 7.76. The molecule has 0 aliphatic heterocycles. The molecule has 25 heavy (non-hydrogen) atoms. The molecule has 5 nitrogen and oxygen atoms in total. The summed E-state index contributed by atoms with van der Waals surface area (Å²) in [6.07, 6.45) is 0.861. The Bertz CT molecular complexity index is 1020. The molecule has 2 aromatic heterocycles. The fourth-order valence-electron chi connectivity index (χ4n) is 2.51. The van der Waals surface area contributed by atoms with Crippen LogP contribution in [0.25, 0.3) is 10.2 Å². The maximum Gasteiger partial charge on any atom is 0.272 e. The molecule has 0 aliphatic carbocycles. The Morgan fingerprint density at radius 3 is 3.00 bits per heavy atom. The lowest BCUT2D eigenvalue weighted by Crippen LogP contribution is -2.25. The van der Waals surface area contributed by atoms with Gasteiger partial charge in [0, 0.05) is 24.5 Å². The molecule has 0 fully saturated rings. The van der Waals surface area contributed by atoms with Crippen LogP contribution in [0.4, 0.5) is 0 Å². The average molecular weight is 394 g/mol. The van der Waals surface area contributed by atoms with Gasteiger partial charge in [-0.1, -0.05) is 23.7 Å². The normalized spacial score (nSPS) is 10.9. The van der Waals surface area contributed by atoms with Crippen molar-refractivity contribution in [2.24, 2.45) is 0 Å². The molecule has 3 rings (SSSR count). The predicted octanol–water partition coefficient (Wildman–Crippen LogP) is 3.87. The SMILES string of the molecule is O=C(CCCn1c(=S)[nH]c2ccsc2c1=O)NCc1cccc(Cl)c1. The van der Waals surface area contributed by atoms with Crippen LogP contribution in [0, 0.1) is 4.77 Å². The Morgan fingerprint density at radius 2 is 2.20 bits per heavy atom. The molecule has 0 saturated heterocycles. The van der Waals surface area contributed by atoms with Gasteiger partial charge in [-0.15, -0.1) is 11.3 Å². The zero-order chi connectivity index (χ0) is 17.8. The van der Waals surface area contributed by atoms with Gasteiger partial charge in [-0.05, 0) is 47.8 Å². The zero-order valence-corrected chi connectivity index (χ0v) is 15.6. The average Bonchev–Trinajstić information content (AvgIpc) is 3.04. The van der Waals surface area contributed by atoms with E-state index in [2.05, 4.69) is 10.3 Å². The van der Waals surface area contributed by atoms with Gasteiger partial charge in [0.05, 0.1) is 5.52 Å². The first-order valence-corrected chi connectivity index (χ1v) is 9.42. The van der Waals surface area contributed by atoms with Crippen molar-refractivity contribution in [3.8, 4) is 0 Å². The summed E-state index contributed by atoms with van der Waals surface area (Å²) in [6, 6.07) is 9.19. The number of aromatic amines is 1. The lowest BCUT2D eigenvalue weighted by Gasteiger charge is -2.08. The van der Waals surface area contributed by atoms with Crippen LogP contribution in [0.3, 0.4) is 0 Å². The van der Waals surface area contributed by atoms with E-state index < -0.39 is 0 Å². The van der Waals surface area contributed by atoms with Gasteiger partial charge in [0.15, 0.2) is 4.77 Å². The van der Waals surface area contributed by atoms with E-state index in [1.807, 2.05) is 29.6 Å². The standard InChI is InChI=1S/C17H16ClN3O2S2/c18-12-4-1-3-11(9-12)10-19-14(22)5-2-7-21-16(23)15-13(6-8-25-15)20-17(21)24/h1,3-4,6,8-9H,2,5,7,10H2,(H,19,22)(H,20,24). The monoisotopic (exact) mass is 393 g/mol. The molecule has 0 bridgehead atoms.